The third-order valence-electron chi connectivity index (χ3n) is 3.28. The van der Waals surface area contributed by atoms with Gasteiger partial charge in [-0.2, -0.15) is 0 Å². The second-order valence-electron chi connectivity index (χ2n) is 4.46. The molecule has 4 N–H and O–H groups in total. The SMILES string of the molecule is CCC(CC)N(CCO)c1cc(Cl)ccc1C(=N)N. The van der Waals surface area contributed by atoms with Crippen LogP contribution in [-0.4, -0.2) is 30.1 Å². The van der Waals surface area contributed by atoms with Crippen LogP contribution in [0.3, 0.4) is 0 Å². The van der Waals surface area contributed by atoms with Crippen LogP contribution in [0.4, 0.5) is 5.69 Å². The lowest BCUT2D eigenvalue weighted by Crippen LogP contribution is -2.38. The minimum atomic E-state index is 0.0144. The summed E-state index contributed by atoms with van der Waals surface area (Å²) < 4.78 is 0. The Hall–Kier alpha value is -1.26. The Balaban J connectivity index is 3.27. The fourth-order valence-electron chi connectivity index (χ4n) is 2.31. The number of anilines is 1. The van der Waals surface area contributed by atoms with Gasteiger partial charge in [0, 0.05) is 28.9 Å². The Morgan fingerprint density at radius 1 is 1.42 bits per heavy atom. The molecule has 0 aromatic heterocycles. The molecule has 0 heterocycles. The van der Waals surface area contributed by atoms with Crippen molar-refractivity contribution in [1.82, 2.24) is 0 Å². The van der Waals surface area contributed by atoms with Crippen LogP contribution in [-0.2, 0) is 0 Å². The van der Waals surface area contributed by atoms with Crippen molar-refractivity contribution in [2.75, 3.05) is 18.1 Å². The first-order valence-corrected chi connectivity index (χ1v) is 6.94. The van der Waals surface area contributed by atoms with Crippen molar-refractivity contribution in [3.8, 4) is 0 Å². The number of benzene rings is 1. The van der Waals surface area contributed by atoms with E-state index in [1.54, 1.807) is 12.1 Å². The molecule has 19 heavy (non-hydrogen) atoms. The van der Waals surface area contributed by atoms with E-state index < -0.39 is 0 Å². The summed E-state index contributed by atoms with van der Waals surface area (Å²) in [5.74, 6) is 0.0144. The second-order valence-corrected chi connectivity index (χ2v) is 4.90. The van der Waals surface area contributed by atoms with Gasteiger partial charge in [0.15, 0.2) is 0 Å². The van der Waals surface area contributed by atoms with Crippen molar-refractivity contribution in [3.63, 3.8) is 0 Å². The Morgan fingerprint density at radius 3 is 2.53 bits per heavy atom. The van der Waals surface area contributed by atoms with E-state index in [4.69, 9.17) is 22.7 Å². The van der Waals surface area contributed by atoms with Gasteiger partial charge in [-0.1, -0.05) is 25.4 Å². The number of rotatable bonds is 7. The molecule has 0 saturated carbocycles. The molecular weight excluding hydrogens is 262 g/mol. The van der Waals surface area contributed by atoms with Crippen molar-refractivity contribution in [3.05, 3.63) is 28.8 Å². The van der Waals surface area contributed by atoms with Crippen LogP contribution in [0.1, 0.15) is 32.3 Å². The number of nitrogens with zero attached hydrogens (tertiary/aromatic N) is 1. The van der Waals surface area contributed by atoms with Crippen LogP contribution in [0.5, 0.6) is 0 Å². The Morgan fingerprint density at radius 2 is 2.05 bits per heavy atom. The maximum absolute atomic E-state index is 9.28. The molecule has 0 aliphatic carbocycles. The number of nitrogens with one attached hydrogen (secondary N) is 1. The fourth-order valence-corrected chi connectivity index (χ4v) is 2.47. The van der Waals surface area contributed by atoms with Crippen LogP contribution in [0.2, 0.25) is 5.02 Å². The lowest BCUT2D eigenvalue weighted by atomic mass is 10.1. The van der Waals surface area contributed by atoms with E-state index in [9.17, 15) is 5.11 Å². The highest BCUT2D eigenvalue weighted by Gasteiger charge is 2.19. The second kappa shape index (κ2) is 7.36. The molecule has 5 heteroatoms. The molecule has 0 fully saturated rings. The molecule has 0 aliphatic rings. The summed E-state index contributed by atoms with van der Waals surface area (Å²) in [6.45, 7) is 4.78. The molecule has 0 saturated heterocycles. The number of aliphatic hydroxyl groups excluding tert-OH is 1. The number of hydrogen-bond acceptors (Lipinski definition) is 3. The standard InChI is InChI=1S/C14H22ClN3O/c1-3-11(4-2)18(7-8-19)13-9-10(15)5-6-12(13)14(16)17/h5-6,9,11,19H,3-4,7-8H2,1-2H3,(H3,16,17). The Bertz CT molecular complexity index is 433. The summed E-state index contributed by atoms with van der Waals surface area (Å²) in [7, 11) is 0. The highest BCUT2D eigenvalue weighted by atomic mass is 35.5. The molecule has 0 unspecified atom stereocenters. The van der Waals surface area contributed by atoms with Gasteiger partial charge in [0.2, 0.25) is 0 Å². The van der Waals surface area contributed by atoms with Gasteiger partial charge in [0.05, 0.1) is 6.61 Å². The van der Waals surface area contributed by atoms with E-state index in [-0.39, 0.29) is 12.4 Å². The topological polar surface area (TPSA) is 73.3 Å². The zero-order valence-corrected chi connectivity index (χ0v) is 12.2. The van der Waals surface area contributed by atoms with Crippen LogP contribution in [0, 0.1) is 5.41 Å². The average Bonchev–Trinajstić information content (AvgIpc) is 2.38. The first-order valence-electron chi connectivity index (χ1n) is 6.56. The van der Waals surface area contributed by atoms with E-state index in [1.807, 2.05) is 6.07 Å². The lowest BCUT2D eigenvalue weighted by molar-refractivity contribution is 0.296. The number of aliphatic hydroxyl groups is 1. The van der Waals surface area contributed by atoms with Crippen LogP contribution < -0.4 is 10.6 Å². The van der Waals surface area contributed by atoms with E-state index >= 15 is 0 Å². The Labute approximate surface area is 119 Å². The number of amidine groups is 1. The first kappa shape index (κ1) is 15.8. The summed E-state index contributed by atoms with van der Waals surface area (Å²) in [6.07, 6.45) is 1.92. The molecule has 4 nitrogen and oxygen atoms in total. The van der Waals surface area contributed by atoms with Gasteiger partial charge in [0.25, 0.3) is 0 Å². The van der Waals surface area contributed by atoms with Gasteiger partial charge in [-0.25, -0.2) is 0 Å². The third kappa shape index (κ3) is 3.85. The number of nitrogens with two attached hydrogens (primary N) is 1. The monoisotopic (exact) mass is 283 g/mol. The molecule has 0 bridgehead atoms. The van der Waals surface area contributed by atoms with Gasteiger partial charge >= 0.3 is 0 Å². The highest BCUT2D eigenvalue weighted by Crippen LogP contribution is 2.28. The van der Waals surface area contributed by atoms with Gasteiger partial charge in [-0.3, -0.25) is 5.41 Å². The summed E-state index contributed by atoms with van der Waals surface area (Å²) in [4.78, 5) is 2.09. The maximum atomic E-state index is 9.28. The van der Waals surface area contributed by atoms with E-state index in [0.29, 0.717) is 23.2 Å². The molecule has 106 valence electrons. The molecular formula is C14H22ClN3O. The minimum Gasteiger partial charge on any atom is -0.395 e. The molecule has 0 atom stereocenters. The molecule has 0 spiro atoms. The summed E-state index contributed by atoms with van der Waals surface area (Å²) >= 11 is 6.06. The van der Waals surface area contributed by atoms with Crippen LogP contribution in [0.15, 0.2) is 18.2 Å². The minimum absolute atomic E-state index is 0.0144. The molecule has 1 aromatic rings. The smallest absolute Gasteiger partial charge is 0.124 e. The largest absolute Gasteiger partial charge is 0.395 e. The van der Waals surface area contributed by atoms with E-state index in [1.165, 1.54) is 0 Å². The van der Waals surface area contributed by atoms with E-state index in [0.717, 1.165) is 18.5 Å². The van der Waals surface area contributed by atoms with E-state index in [2.05, 4.69) is 18.7 Å². The summed E-state index contributed by atoms with van der Waals surface area (Å²) in [6, 6.07) is 5.59. The zero-order valence-electron chi connectivity index (χ0n) is 11.5. The van der Waals surface area contributed by atoms with Gasteiger partial charge in [-0.05, 0) is 31.0 Å². The van der Waals surface area contributed by atoms with Gasteiger partial charge in [-0.15, -0.1) is 0 Å². The fraction of sp³-hybridized carbons (Fsp3) is 0.500. The molecule has 1 aromatic carbocycles. The molecule has 0 amide bonds. The highest BCUT2D eigenvalue weighted by molar-refractivity contribution is 6.31. The predicted molar refractivity (Wildman–Crippen MR) is 81.3 cm³/mol. The van der Waals surface area contributed by atoms with Crippen molar-refractivity contribution in [2.45, 2.75) is 32.7 Å². The predicted octanol–water partition coefficient (Wildman–Crippen LogP) is 2.61. The zero-order chi connectivity index (χ0) is 14.4. The lowest BCUT2D eigenvalue weighted by Gasteiger charge is -2.33. The number of hydrogen-bond donors (Lipinski definition) is 3. The number of nitrogen functional groups attached to an aromatic ring is 1. The van der Waals surface area contributed by atoms with Crippen molar-refractivity contribution in [1.29, 1.82) is 5.41 Å². The summed E-state index contributed by atoms with van der Waals surface area (Å²) in [5, 5.41) is 17.6. The summed E-state index contributed by atoms with van der Waals surface area (Å²) in [5.41, 5.74) is 7.11. The van der Waals surface area contributed by atoms with Crippen molar-refractivity contribution < 1.29 is 5.11 Å². The third-order valence-corrected chi connectivity index (χ3v) is 3.52. The van der Waals surface area contributed by atoms with Crippen LogP contribution in [0.25, 0.3) is 0 Å². The Kier molecular flexibility index (Phi) is 6.12. The average molecular weight is 284 g/mol. The van der Waals surface area contributed by atoms with Gasteiger partial charge in [0.1, 0.15) is 5.84 Å². The van der Waals surface area contributed by atoms with Crippen molar-refractivity contribution in [2.24, 2.45) is 5.73 Å². The normalized spacial score (nSPS) is 10.8. The van der Waals surface area contributed by atoms with Crippen LogP contribution >= 0.6 is 11.6 Å². The van der Waals surface area contributed by atoms with Crippen molar-refractivity contribution >= 4 is 23.1 Å². The maximum Gasteiger partial charge on any atom is 0.124 e. The van der Waals surface area contributed by atoms with Gasteiger partial charge < -0.3 is 15.7 Å². The molecule has 0 aliphatic heterocycles. The number of halogens is 1. The quantitative estimate of drug-likeness (QED) is 0.532. The molecule has 0 radical (unpaired) electrons. The molecule has 1 rings (SSSR count). The first-order chi connectivity index (χ1) is 9.04.